The van der Waals surface area contributed by atoms with Gasteiger partial charge in [0.05, 0.1) is 7.11 Å². The summed E-state index contributed by atoms with van der Waals surface area (Å²) in [4.78, 5) is 16.4. The van der Waals surface area contributed by atoms with E-state index in [0.29, 0.717) is 6.04 Å². The zero-order valence-corrected chi connectivity index (χ0v) is 11.0. The van der Waals surface area contributed by atoms with Crippen molar-refractivity contribution in [1.29, 1.82) is 0 Å². The molecular formula is C13H24N2O2. The molecule has 0 saturated carbocycles. The second-order valence-electron chi connectivity index (χ2n) is 5.14. The first-order chi connectivity index (χ1) is 8.26. The first kappa shape index (κ1) is 12.8. The van der Waals surface area contributed by atoms with E-state index in [2.05, 4.69) is 16.7 Å². The summed E-state index contributed by atoms with van der Waals surface area (Å²) in [6, 6.07) is 0.642. The van der Waals surface area contributed by atoms with Gasteiger partial charge < -0.3 is 9.64 Å². The van der Waals surface area contributed by atoms with Gasteiger partial charge in [0, 0.05) is 12.6 Å². The number of hydrogen-bond acceptors (Lipinski definition) is 4. The van der Waals surface area contributed by atoms with Crippen LogP contribution in [0.5, 0.6) is 0 Å². The zero-order chi connectivity index (χ0) is 12.3. The Labute approximate surface area is 104 Å². The summed E-state index contributed by atoms with van der Waals surface area (Å²) in [5.74, 6) is -0.0489. The minimum atomic E-state index is -0.0489. The van der Waals surface area contributed by atoms with Crippen LogP contribution in [-0.4, -0.2) is 61.1 Å². The molecular weight excluding hydrogens is 216 g/mol. The van der Waals surface area contributed by atoms with E-state index in [9.17, 15) is 4.79 Å². The van der Waals surface area contributed by atoms with Crippen LogP contribution in [-0.2, 0) is 9.53 Å². The van der Waals surface area contributed by atoms with Crippen molar-refractivity contribution in [2.75, 3.05) is 33.3 Å². The number of rotatable bonds is 4. The Morgan fingerprint density at radius 2 is 1.94 bits per heavy atom. The molecule has 2 rings (SSSR count). The Kier molecular flexibility index (Phi) is 4.40. The molecule has 1 atom stereocenters. The first-order valence-corrected chi connectivity index (χ1v) is 6.82. The maximum atomic E-state index is 11.5. The van der Waals surface area contributed by atoms with E-state index in [1.54, 1.807) is 0 Å². The first-order valence-electron chi connectivity index (χ1n) is 6.82. The van der Waals surface area contributed by atoms with Crippen molar-refractivity contribution >= 4 is 5.97 Å². The summed E-state index contributed by atoms with van der Waals surface area (Å²) >= 11 is 0. The molecule has 4 heteroatoms. The van der Waals surface area contributed by atoms with E-state index in [1.807, 2.05) is 0 Å². The number of likely N-dealkylation sites (tertiary alicyclic amines) is 2. The lowest BCUT2D eigenvalue weighted by Crippen LogP contribution is -2.59. The topological polar surface area (TPSA) is 32.8 Å². The molecule has 2 aliphatic heterocycles. The lowest BCUT2D eigenvalue weighted by atomic mass is 9.94. The van der Waals surface area contributed by atoms with Crippen LogP contribution in [0.15, 0.2) is 0 Å². The van der Waals surface area contributed by atoms with E-state index >= 15 is 0 Å². The number of nitrogens with zero attached hydrogens (tertiary/aromatic N) is 2. The number of esters is 1. The molecule has 0 aromatic rings. The summed E-state index contributed by atoms with van der Waals surface area (Å²) in [5.41, 5.74) is 0. The second kappa shape index (κ2) is 5.83. The van der Waals surface area contributed by atoms with Gasteiger partial charge in [-0.05, 0) is 45.3 Å². The molecule has 0 N–H and O–H groups in total. The number of piperidine rings is 1. The molecule has 2 fully saturated rings. The standard InChI is InChI=1S/C13H24N2O2/c1-3-7-14-8-4-11(5-9-14)15-10-6-12(15)13(16)17-2/h11-12H,3-10H2,1-2H3. The van der Waals surface area contributed by atoms with Crippen molar-refractivity contribution in [3.05, 3.63) is 0 Å². The van der Waals surface area contributed by atoms with Crippen LogP contribution in [0, 0.1) is 0 Å². The van der Waals surface area contributed by atoms with Crippen LogP contribution >= 0.6 is 0 Å². The molecule has 2 aliphatic rings. The van der Waals surface area contributed by atoms with Crippen LogP contribution in [0.3, 0.4) is 0 Å². The second-order valence-corrected chi connectivity index (χ2v) is 5.14. The Morgan fingerprint density at radius 3 is 2.41 bits per heavy atom. The van der Waals surface area contributed by atoms with Crippen molar-refractivity contribution in [2.45, 2.75) is 44.7 Å². The van der Waals surface area contributed by atoms with E-state index < -0.39 is 0 Å². The SMILES string of the molecule is CCCN1CCC(N2CCC2C(=O)OC)CC1. The average Bonchev–Trinajstić information content (AvgIpc) is 2.30. The number of carbonyl (C=O) groups excluding carboxylic acids is 1. The fraction of sp³-hybridized carbons (Fsp3) is 0.923. The highest BCUT2D eigenvalue weighted by atomic mass is 16.5. The molecule has 0 radical (unpaired) electrons. The van der Waals surface area contributed by atoms with Gasteiger partial charge >= 0.3 is 5.97 Å². The van der Waals surface area contributed by atoms with E-state index in [0.717, 1.165) is 13.0 Å². The molecule has 0 aliphatic carbocycles. The number of ether oxygens (including phenoxy) is 1. The highest BCUT2D eigenvalue weighted by molar-refractivity contribution is 5.76. The Balaban J connectivity index is 1.79. The summed E-state index contributed by atoms with van der Waals surface area (Å²) in [6.45, 7) is 6.88. The zero-order valence-electron chi connectivity index (χ0n) is 11.0. The third-order valence-corrected chi connectivity index (χ3v) is 4.10. The molecule has 17 heavy (non-hydrogen) atoms. The van der Waals surface area contributed by atoms with Gasteiger partial charge in [0.25, 0.3) is 0 Å². The molecule has 2 saturated heterocycles. The van der Waals surface area contributed by atoms with Crippen LogP contribution < -0.4 is 0 Å². The molecule has 0 amide bonds. The van der Waals surface area contributed by atoms with Crippen molar-refractivity contribution in [3.63, 3.8) is 0 Å². The van der Waals surface area contributed by atoms with Crippen molar-refractivity contribution in [2.24, 2.45) is 0 Å². The summed E-state index contributed by atoms with van der Waals surface area (Å²) < 4.78 is 4.84. The number of hydrogen-bond donors (Lipinski definition) is 0. The van der Waals surface area contributed by atoms with E-state index in [-0.39, 0.29) is 12.0 Å². The Bertz CT molecular complexity index is 262. The molecule has 0 aromatic carbocycles. The summed E-state index contributed by atoms with van der Waals surface area (Å²) in [7, 11) is 1.49. The lowest BCUT2D eigenvalue weighted by Gasteiger charge is -2.47. The third kappa shape index (κ3) is 2.80. The fourth-order valence-corrected chi connectivity index (χ4v) is 3.02. The normalized spacial score (nSPS) is 27.8. The Morgan fingerprint density at radius 1 is 1.24 bits per heavy atom. The maximum Gasteiger partial charge on any atom is 0.323 e. The molecule has 2 heterocycles. The largest absolute Gasteiger partial charge is 0.468 e. The van der Waals surface area contributed by atoms with Crippen LogP contribution in [0.2, 0.25) is 0 Å². The monoisotopic (exact) mass is 240 g/mol. The predicted octanol–water partition coefficient (Wildman–Crippen LogP) is 1.11. The van der Waals surface area contributed by atoms with E-state index in [4.69, 9.17) is 4.74 Å². The fourth-order valence-electron chi connectivity index (χ4n) is 3.02. The quantitative estimate of drug-likeness (QED) is 0.689. The van der Waals surface area contributed by atoms with Crippen molar-refractivity contribution in [1.82, 2.24) is 9.80 Å². The third-order valence-electron chi connectivity index (χ3n) is 4.10. The Hall–Kier alpha value is -0.610. The lowest BCUT2D eigenvalue weighted by molar-refractivity contribution is -0.154. The van der Waals surface area contributed by atoms with Gasteiger partial charge in [0.2, 0.25) is 0 Å². The van der Waals surface area contributed by atoms with Crippen molar-refractivity contribution in [3.8, 4) is 0 Å². The van der Waals surface area contributed by atoms with Gasteiger partial charge in [-0.3, -0.25) is 9.69 Å². The predicted molar refractivity (Wildman–Crippen MR) is 66.9 cm³/mol. The van der Waals surface area contributed by atoms with Gasteiger partial charge in [-0.15, -0.1) is 0 Å². The summed E-state index contributed by atoms with van der Waals surface area (Å²) in [5, 5.41) is 0. The minimum Gasteiger partial charge on any atom is -0.468 e. The molecule has 0 aromatic heterocycles. The molecule has 1 unspecified atom stereocenters. The molecule has 98 valence electrons. The van der Waals surface area contributed by atoms with Crippen LogP contribution in [0.25, 0.3) is 0 Å². The molecule has 0 spiro atoms. The van der Waals surface area contributed by atoms with Crippen molar-refractivity contribution < 1.29 is 9.53 Å². The molecule has 4 nitrogen and oxygen atoms in total. The van der Waals surface area contributed by atoms with Gasteiger partial charge in [-0.1, -0.05) is 6.92 Å². The van der Waals surface area contributed by atoms with Gasteiger partial charge in [0.1, 0.15) is 6.04 Å². The highest BCUT2D eigenvalue weighted by Crippen LogP contribution is 2.27. The van der Waals surface area contributed by atoms with E-state index in [1.165, 1.54) is 46.0 Å². The number of methoxy groups -OCH3 is 1. The van der Waals surface area contributed by atoms with Gasteiger partial charge in [-0.2, -0.15) is 0 Å². The van der Waals surface area contributed by atoms with Gasteiger partial charge in [-0.25, -0.2) is 0 Å². The van der Waals surface area contributed by atoms with Crippen LogP contribution in [0.4, 0.5) is 0 Å². The average molecular weight is 240 g/mol. The highest BCUT2D eigenvalue weighted by Gasteiger charge is 2.40. The smallest absolute Gasteiger partial charge is 0.323 e. The summed E-state index contributed by atoms with van der Waals surface area (Å²) in [6.07, 6.45) is 4.61. The molecule has 0 bridgehead atoms. The van der Waals surface area contributed by atoms with Crippen LogP contribution in [0.1, 0.15) is 32.6 Å². The van der Waals surface area contributed by atoms with Gasteiger partial charge in [0.15, 0.2) is 0 Å². The minimum absolute atomic E-state index is 0.0442. The maximum absolute atomic E-state index is 11.5. The number of carbonyl (C=O) groups is 1.